The number of pyridine rings is 1. The van der Waals surface area contributed by atoms with Crippen molar-refractivity contribution in [2.75, 3.05) is 0 Å². The highest BCUT2D eigenvalue weighted by Crippen LogP contribution is 2.37. The summed E-state index contributed by atoms with van der Waals surface area (Å²) in [6, 6.07) is 7.29. The van der Waals surface area contributed by atoms with Crippen LogP contribution in [0.25, 0.3) is 0 Å². The second-order valence-corrected chi connectivity index (χ2v) is 7.12. The zero-order valence-electron chi connectivity index (χ0n) is 13.4. The van der Waals surface area contributed by atoms with E-state index in [1.165, 1.54) is 0 Å². The molecule has 24 heavy (non-hydrogen) atoms. The third kappa shape index (κ3) is 3.49. The van der Waals surface area contributed by atoms with E-state index < -0.39 is 6.10 Å². The Labute approximate surface area is 151 Å². The minimum absolute atomic E-state index is 0.168. The topological polar surface area (TPSA) is 50.2 Å². The first-order valence-corrected chi connectivity index (χ1v) is 8.83. The molecule has 0 spiro atoms. The summed E-state index contributed by atoms with van der Waals surface area (Å²) in [6.45, 7) is 1.95. The molecule has 1 aromatic carbocycles. The van der Waals surface area contributed by atoms with Gasteiger partial charge in [-0.2, -0.15) is 0 Å². The molecule has 5 heteroatoms. The Kier molecular flexibility index (Phi) is 5.24. The molecule has 3 nitrogen and oxygen atoms in total. The molecular formula is C19H19Cl2NO2. The lowest BCUT2D eigenvalue weighted by atomic mass is 9.80. The van der Waals surface area contributed by atoms with Crippen LogP contribution in [0.3, 0.4) is 0 Å². The lowest BCUT2D eigenvalue weighted by Crippen LogP contribution is -2.22. The van der Waals surface area contributed by atoms with Gasteiger partial charge in [-0.05, 0) is 61.1 Å². The van der Waals surface area contributed by atoms with Crippen LogP contribution in [0.2, 0.25) is 10.0 Å². The molecule has 126 valence electrons. The van der Waals surface area contributed by atoms with Gasteiger partial charge in [0.25, 0.3) is 0 Å². The number of carbonyl (C=O) groups excluding carboxylic acids is 1. The summed E-state index contributed by atoms with van der Waals surface area (Å²) in [6.07, 6.45) is 3.32. The fraction of sp³-hybridized carbons (Fsp3) is 0.368. The predicted octanol–water partition coefficient (Wildman–Crippen LogP) is 4.81. The zero-order valence-corrected chi connectivity index (χ0v) is 14.9. The highest BCUT2D eigenvalue weighted by atomic mass is 35.5. The molecule has 2 atom stereocenters. The monoisotopic (exact) mass is 363 g/mol. The molecule has 1 aromatic heterocycles. The summed E-state index contributed by atoms with van der Waals surface area (Å²) in [5, 5.41) is 11.3. The van der Waals surface area contributed by atoms with Crippen molar-refractivity contribution in [3.05, 3.63) is 62.9 Å². The van der Waals surface area contributed by atoms with Gasteiger partial charge < -0.3 is 5.11 Å². The predicted molar refractivity (Wildman–Crippen MR) is 95.7 cm³/mol. The molecule has 1 aliphatic carbocycles. The van der Waals surface area contributed by atoms with Gasteiger partial charge >= 0.3 is 0 Å². The zero-order chi connectivity index (χ0) is 17.3. The fourth-order valence-electron chi connectivity index (χ4n) is 3.43. The Bertz CT molecular complexity index is 753. The minimum atomic E-state index is -0.571. The van der Waals surface area contributed by atoms with Gasteiger partial charge in [-0.1, -0.05) is 29.3 Å². The molecule has 1 aliphatic rings. The molecule has 0 saturated heterocycles. The number of benzene rings is 1. The second-order valence-electron chi connectivity index (χ2n) is 6.27. The molecule has 2 aromatic rings. The summed E-state index contributed by atoms with van der Waals surface area (Å²) < 4.78 is 0. The highest BCUT2D eigenvalue weighted by Gasteiger charge is 2.31. The van der Waals surface area contributed by atoms with E-state index in [-0.39, 0.29) is 11.7 Å². The van der Waals surface area contributed by atoms with Crippen LogP contribution in [0.15, 0.2) is 30.5 Å². The smallest absolute Gasteiger partial charge is 0.140 e. The third-order valence-corrected chi connectivity index (χ3v) is 5.24. The van der Waals surface area contributed by atoms with Crippen molar-refractivity contribution in [1.82, 2.24) is 4.98 Å². The molecule has 0 saturated carbocycles. The first-order valence-electron chi connectivity index (χ1n) is 8.07. The summed E-state index contributed by atoms with van der Waals surface area (Å²) >= 11 is 12.3. The maximum Gasteiger partial charge on any atom is 0.140 e. The van der Waals surface area contributed by atoms with Gasteiger partial charge in [0.05, 0.1) is 11.8 Å². The van der Waals surface area contributed by atoms with E-state index in [0.717, 1.165) is 16.7 Å². The summed E-state index contributed by atoms with van der Waals surface area (Å²) in [5.41, 5.74) is 3.47. The van der Waals surface area contributed by atoms with Gasteiger partial charge in [0.2, 0.25) is 0 Å². The maximum absolute atomic E-state index is 12.8. The highest BCUT2D eigenvalue weighted by molar-refractivity contribution is 6.35. The molecule has 1 heterocycles. The number of aliphatic hydroxyl groups is 1. The van der Waals surface area contributed by atoms with Crippen LogP contribution in [0, 0.1) is 6.92 Å². The molecule has 1 N–H and O–H groups in total. The van der Waals surface area contributed by atoms with Gasteiger partial charge in [0.15, 0.2) is 0 Å². The minimum Gasteiger partial charge on any atom is -0.387 e. The number of fused-ring (bicyclic) bond motifs is 1. The van der Waals surface area contributed by atoms with Crippen LogP contribution in [-0.4, -0.2) is 15.9 Å². The van der Waals surface area contributed by atoms with Crippen molar-refractivity contribution in [3.8, 4) is 0 Å². The number of nitrogens with zero attached hydrogens (tertiary/aromatic N) is 1. The van der Waals surface area contributed by atoms with Gasteiger partial charge in [-0.25, -0.2) is 0 Å². The molecule has 0 unspecified atom stereocenters. The number of aliphatic hydroxyl groups excluding tert-OH is 1. The van der Waals surface area contributed by atoms with Crippen molar-refractivity contribution in [3.63, 3.8) is 0 Å². The number of halogens is 2. The summed E-state index contributed by atoms with van der Waals surface area (Å²) in [7, 11) is 0. The standard InChI is InChI=1S/C19H19Cl2NO2/c1-11-9-12(20)10-16(21)13(11)4-6-17(23)14-5-7-18(24)19-15(14)3-2-8-22-19/h2-3,8-10,14,18,24H,4-7H2,1H3/t14-,18+/m1/s1. The lowest BCUT2D eigenvalue weighted by Gasteiger charge is -2.27. The fourth-order valence-corrected chi connectivity index (χ4v) is 4.12. The van der Waals surface area contributed by atoms with Gasteiger partial charge in [0.1, 0.15) is 5.78 Å². The first kappa shape index (κ1) is 17.4. The number of ketones is 1. The van der Waals surface area contributed by atoms with Crippen molar-refractivity contribution in [1.29, 1.82) is 0 Å². The van der Waals surface area contributed by atoms with E-state index in [9.17, 15) is 9.90 Å². The van der Waals surface area contributed by atoms with E-state index in [2.05, 4.69) is 4.98 Å². The summed E-state index contributed by atoms with van der Waals surface area (Å²) in [5.74, 6) is -0.0231. The Morgan fingerprint density at radius 1 is 1.33 bits per heavy atom. The molecule has 0 fully saturated rings. The quantitative estimate of drug-likeness (QED) is 0.847. The van der Waals surface area contributed by atoms with Crippen LogP contribution in [0.1, 0.15) is 53.7 Å². The van der Waals surface area contributed by atoms with E-state index in [1.54, 1.807) is 12.3 Å². The van der Waals surface area contributed by atoms with E-state index in [4.69, 9.17) is 23.2 Å². The lowest BCUT2D eigenvalue weighted by molar-refractivity contribution is -0.121. The Balaban J connectivity index is 1.76. The molecule has 0 aliphatic heterocycles. The second kappa shape index (κ2) is 7.22. The third-order valence-electron chi connectivity index (χ3n) is 4.68. The number of carbonyl (C=O) groups is 1. The molecule has 3 rings (SSSR count). The Hall–Kier alpha value is -1.42. The average molecular weight is 364 g/mol. The SMILES string of the molecule is Cc1cc(Cl)cc(Cl)c1CCC(=O)[C@@H]1CC[C@H](O)c2ncccc21. The van der Waals surface area contributed by atoms with Gasteiger partial charge in [-0.3, -0.25) is 9.78 Å². The van der Waals surface area contributed by atoms with Gasteiger partial charge in [0, 0.05) is 28.6 Å². The van der Waals surface area contributed by atoms with E-state index >= 15 is 0 Å². The van der Waals surface area contributed by atoms with Gasteiger partial charge in [-0.15, -0.1) is 0 Å². The van der Waals surface area contributed by atoms with Crippen molar-refractivity contribution in [2.45, 2.75) is 44.6 Å². The normalized spacial score (nSPS) is 19.8. The van der Waals surface area contributed by atoms with E-state index in [0.29, 0.717) is 41.4 Å². The molecule has 0 amide bonds. The first-order chi connectivity index (χ1) is 11.5. The molecule has 0 radical (unpaired) electrons. The van der Waals surface area contributed by atoms with Crippen LogP contribution < -0.4 is 0 Å². The summed E-state index contributed by atoms with van der Waals surface area (Å²) in [4.78, 5) is 17.0. The van der Waals surface area contributed by atoms with Crippen molar-refractivity contribution < 1.29 is 9.90 Å². The number of aromatic nitrogens is 1. The maximum atomic E-state index is 12.8. The number of Topliss-reactive ketones (excluding diaryl/α,β-unsaturated/α-hetero) is 1. The number of aryl methyl sites for hydroxylation is 1. The Morgan fingerprint density at radius 2 is 2.12 bits per heavy atom. The molecular weight excluding hydrogens is 345 g/mol. The van der Waals surface area contributed by atoms with Crippen LogP contribution in [-0.2, 0) is 11.2 Å². The molecule has 0 bridgehead atoms. The largest absolute Gasteiger partial charge is 0.387 e. The average Bonchev–Trinajstić information content (AvgIpc) is 2.54. The van der Waals surface area contributed by atoms with Crippen LogP contribution >= 0.6 is 23.2 Å². The Morgan fingerprint density at radius 3 is 2.88 bits per heavy atom. The number of hydrogen-bond donors (Lipinski definition) is 1. The van der Waals surface area contributed by atoms with Crippen molar-refractivity contribution >= 4 is 29.0 Å². The van der Waals surface area contributed by atoms with Crippen LogP contribution in [0.4, 0.5) is 0 Å². The van der Waals surface area contributed by atoms with E-state index in [1.807, 2.05) is 25.1 Å². The van der Waals surface area contributed by atoms with Crippen LogP contribution in [0.5, 0.6) is 0 Å². The number of rotatable bonds is 4. The van der Waals surface area contributed by atoms with Crippen molar-refractivity contribution in [2.24, 2.45) is 0 Å². The number of hydrogen-bond acceptors (Lipinski definition) is 3.